The number of nitrogens with zero attached hydrogens (tertiary/aromatic N) is 2. The molecule has 152 valence electrons. The second-order valence-electron chi connectivity index (χ2n) is 8.33. The molecular weight excluding hydrogens is 360 g/mol. The van der Waals surface area contributed by atoms with Gasteiger partial charge in [0.15, 0.2) is 0 Å². The summed E-state index contributed by atoms with van der Waals surface area (Å²) in [5.41, 5.74) is 4.69. The molecule has 1 N–H and O–H groups in total. The molecule has 1 aliphatic rings. The van der Waals surface area contributed by atoms with Crippen molar-refractivity contribution < 1.29 is 9.90 Å². The van der Waals surface area contributed by atoms with Gasteiger partial charge < -0.3 is 9.67 Å². The third-order valence-corrected chi connectivity index (χ3v) is 6.21. The molecule has 29 heavy (non-hydrogen) atoms. The monoisotopic (exact) mass is 390 g/mol. The van der Waals surface area contributed by atoms with Crippen LogP contribution in [0.5, 0.6) is 0 Å². The van der Waals surface area contributed by atoms with Crippen molar-refractivity contribution in [3.8, 4) is 11.1 Å². The number of fused-ring (bicyclic) bond motifs is 1. The Labute approximate surface area is 172 Å². The number of carboxylic acids is 1. The van der Waals surface area contributed by atoms with Crippen molar-refractivity contribution in [1.29, 1.82) is 0 Å². The topological polar surface area (TPSA) is 55.1 Å². The standard InChI is InChI=1S/C25H30N2O2/c1-2-3-9-24-26-22-16-21(19-10-12-20(13-11-19)25(28)29)14-15-23(22)27(24)17-18-7-5-4-6-8-18/h10-16,18H,2-9,17H2,1H3,(H,28,29). The summed E-state index contributed by atoms with van der Waals surface area (Å²) < 4.78 is 2.47. The van der Waals surface area contributed by atoms with Crippen LogP contribution in [0, 0.1) is 5.92 Å². The molecule has 0 aliphatic heterocycles. The summed E-state index contributed by atoms with van der Waals surface area (Å²) >= 11 is 0. The summed E-state index contributed by atoms with van der Waals surface area (Å²) in [6.07, 6.45) is 10.1. The summed E-state index contributed by atoms with van der Waals surface area (Å²) in [6, 6.07) is 13.6. The zero-order valence-corrected chi connectivity index (χ0v) is 17.2. The molecule has 1 aromatic heterocycles. The molecule has 1 heterocycles. The predicted octanol–water partition coefficient (Wildman–Crippen LogP) is 6.32. The Morgan fingerprint density at radius 1 is 1.07 bits per heavy atom. The van der Waals surface area contributed by atoms with Gasteiger partial charge in [-0.2, -0.15) is 0 Å². The molecule has 4 rings (SSSR count). The number of carbonyl (C=O) groups is 1. The molecule has 3 aromatic rings. The fourth-order valence-electron chi connectivity index (χ4n) is 4.52. The van der Waals surface area contributed by atoms with E-state index in [1.54, 1.807) is 12.1 Å². The van der Waals surface area contributed by atoms with Crippen LogP contribution >= 0.6 is 0 Å². The minimum atomic E-state index is -0.894. The number of aromatic carboxylic acids is 1. The highest BCUT2D eigenvalue weighted by Gasteiger charge is 2.18. The average molecular weight is 391 g/mol. The lowest BCUT2D eigenvalue weighted by molar-refractivity contribution is 0.0697. The van der Waals surface area contributed by atoms with Crippen molar-refractivity contribution >= 4 is 17.0 Å². The van der Waals surface area contributed by atoms with Crippen molar-refractivity contribution in [2.45, 2.75) is 64.8 Å². The molecule has 1 saturated carbocycles. The van der Waals surface area contributed by atoms with Crippen LogP contribution in [0.3, 0.4) is 0 Å². The molecule has 1 fully saturated rings. The molecule has 2 aromatic carbocycles. The molecule has 1 aliphatic carbocycles. The maximum absolute atomic E-state index is 11.1. The number of aromatic nitrogens is 2. The van der Waals surface area contributed by atoms with Gasteiger partial charge in [-0.1, -0.05) is 50.8 Å². The highest BCUT2D eigenvalue weighted by Crippen LogP contribution is 2.30. The van der Waals surface area contributed by atoms with Gasteiger partial charge in [0.2, 0.25) is 0 Å². The number of unbranched alkanes of at least 4 members (excludes halogenated alkanes) is 1. The number of hydrogen-bond acceptors (Lipinski definition) is 2. The van der Waals surface area contributed by atoms with E-state index in [0.29, 0.717) is 5.56 Å². The molecule has 4 heteroatoms. The summed E-state index contributed by atoms with van der Waals surface area (Å²) in [6.45, 7) is 3.31. The van der Waals surface area contributed by atoms with E-state index in [9.17, 15) is 4.79 Å². The van der Waals surface area contributed by atoms with E-state index in [4.69, 9.17) is 10.1 Å². The first-order valence-corrected chi connectivity index (χ1v) is 11.0. The number of carboxylic acid groups (broad SMARTS) is 1. The van der Waals surface area contributed by atoms with Gasteiger partial charge >= 0.3 is 5.97 Å². The minimum Gasteiger partial charge on any atom is -0.478 e. The maximum Gasteiger partial charge on any atom is 0.335 e. The SMILES string of the molecule is CCCCc1nc2cc(-c3ccc(C(=O)O)cc3)ccc2n1CC1CCCCC1. The minimum absolute atomic E-state index is 0.313. The van der Waals surface area contributed by atoms with Crippen molar-refractivity contribution in [2.24, 2.45) is 5.92 Å². The van der Waals surface area contributed by atoms with E-state index in [0.717, 1.165) is 41.9 Å². The van der Waals surface area contributed by atoms with Crippen LogP contribution in [-0.2, 0) is 13.0 Å². The molecule has 4 nitrogen and oxygen atoms in total. The summed E-state index contributed by atoms with van der Waals surface area (Å²) in [5.74, 6) is 1.09. The van der Waals surface area contributed by atoms with Gasteiger partial charge in [-0.05, 0) is 60.6 Å². The van der Waals surface area contributed by atoms with E-state index in [-0.39, 0.29) is 0 Å². The normalized spacial score (nSPS) is 15.1. The molecule has 0 spiro atoms. The van der Waals surface area contributed by atoms with Crippen molar-refractivity contribution in [1.82, 2.24) is 9.55 Å². The van der Waals surface area contributed by atoms with Gasteiger partial charge in [-0.3, -0.25) is 0 Å². The molecular formula is C25H30N2O2. The first-order valence-electron chi connectivity index (χ1n) is 11.0. The van der Waals surface area contributed by atoms with Gasteiger partial charge in [0.05, 0.1) is 16.6 Å². The van der Waals surface area contributed by atoms with Crippen molar-refractivity contribution in [2.75, 3.05) is 0 Å². The number of rotatable bonds is 7. The molecule has 0 unspecified atom stereocenters. The van der Waals surface area contributed by atoms with Crippen LogP contribution in [0.4, 0.5) is 0 Å². The van der Waals surface area contributed by atoms with E-state index >= 15 is 0 Å². The Hall–Kier alpha value is -2.62. The zero-order valence-electron chi connectivity index (χ0n) is 17.2. The van der Waals surface area contributed by atoms with Crippen LogP contribution in [0.2, 0.25) is 0 Å². The highest BCUT2D eigenvalue weighted by molar-refractivity contribution is 5.89. The van der Waals surface area contributed by atoms with E-state index in [1.807, 2.05) is 12.1 Å². The summed E-state index contributed by atoms with van der Waals surface area (Å²) in [7, 11) is 0. The lowest BCUT2D eigenvalue weighted by atomic mass is 9.89. The molecule has 0 bridgehead atoms. The lowest BCUT2D eigenvalue weighted by Crippen LogP contribution is -2.16. The van der Waals surface area contributed by atoms with Crippen LogP contribution in [0.25, 0.3) is 22.2 Å². The average Bonchev–Trinajstić information content (AvgIpc) is 3.09. The van der Waals surface area contributed by atoms with Gasteiger partial charge in [-0.25, -0.2) is 9.78 Å². The number of imidazole rings is 1. The number of aryl methyl sites for hydroxylation is 1. The van der Waals surface area contributed by atoms with E-state index < -0.39 is 5.97 Å². The maximum atomic E-state index is 11.1. The first kappa shape index (κ1) is 19.7. The number of benzene rings is 2. The van der Waals surface area contributed by atoms with Gasteiger partial charge in [0.1, 0.15) is 5.82 Å². The Morgan fingerprint density at radius 2 is 1.79 bits per heavy atom. The Balaban J connectivity index is 1.67. The third-order valence-electron chi connectivity index (χ3n) is 6.21. The van der Waals surface area contributed by atoms with Crippen LogP contribution in [-0.4, -0.2) is 20.6 Å². The lowest BCUT2D eigenvalue weighted by Gasteiger charge is -2.23. The smallest absolute Gasteiger partial charge is 0.335 e. The Kier molecular flexibility index (Phi) is 5.98. The predicted molar refractivity (Wildman–Crippen MR) is 117 cm³/mol. The largest absolute Gasteiger partial charge is 0.478 e. The van der Waals surface area contributed by atoms with Gasteiger partial charge in [0.25, 0.3) is 0 Å². The number of hydrogen-bond donors (Lipinski definition) is 1. The van der Waals surface area contributed by atoms with E-state index in [1.165, 1.54) is 49.9 Å². The third kappa shape index (κ3) is 4.36. The van der Waals surface area contributed by atoms with Gasteiger partial charge in [-0.15, -0.1) is 0 Å². The fraction of sp³-hybridized carbons (Fsp3) is 0.440. The summed E-state index contributed by atoms with van der Waals surface area (Å²) in [4.78, 5) is 16.1. The molecule has 0 amide bonds. The molecule has 0 saturated heterocycles. The van der Waals surface area contributed by atoms with Crippen molar-refractivity contribution in [3.05, 3.63) is 53.9 Å². The van der Waals surface area contributed by atoms with Crippen LogP contribution in [0.15, 0.2) is 42.5 Å². The summed E-state index contributed by atoms with van der Waals surface area (Å²) in [5, 5.41) is 9.11. The highest BCUT2D eigenvalue weighted by atomic mass is 16.4. The van der Waals surface area contributed by atoms with Crippen molar-refractivity contribution in [3.63, 3.8) is 0 Å². The quantitative estimate of drug-likeness (QED) is 0.513. The Morgan fingerprint density at radius 3 is 2.48 bits per heavy atom. The molecule has 0 radical (unpaired) electrons. The second-order valence-corrected chi connectivity index (χ2v) is 8.33. The van der Waals surface area contributed by atoms with Crippen LogP contribution in [0.1, 0.15) is 68.1 Å². The molecule has 0 atom stereocenters. The second kappa shape index (κ2) is 8.81. The van der Waals surface area contributed by atoms with Crippen LogP contribution < -0.4 is 0 Å². The zero-order chi connectivity index (χ0) is 20.2. The fourth-order valence-corrected chi connectivity index (χ4v) is 4.52. The van der Waals surface area contributed by atoms with Gasteiger partial charge in [0, 0.05) is 13.0 Å². The van der Waals surface area contributed by atoms with E-state index in [2.05, 4.69) is 29.7 Å². The first-order chi connectivity index (χ1) is 14.2. The Bertz CT molecular complexity index is 982.